The van der Waals surface area contributed by atoms with Crippen molar-refractivity contribution in [2.75, 3.05) is 30.9 Å². The summed E-state index contributed by atoms with van der Waals surface area (Å²) in [5.74, 6) is 1.03. The van der Waals surface area contributed by atoms with Crippen molar-refractivity contribution in [3.05, 3.63) is 38.9 Å². The first kappa shape index (κ1) is 17.5. The fourth-order valence-electron chi connectivity index (χ4n) is 3.29. The number of fused-ring (bicyclic) bond motifs is 1. The molecule has 0 amide bonds. The van der Waals surface area contributed by atoms with Crippen LogP contribution >= 0.6 is 11.6 Å². The number of nitrogens with two attached hydrogens (primary N) is 1. The number of rotatable bonds is 4. The summed E-state index contributed by atoms with van der Waals surface area (Å²) in [5.41, 5.74) is 8.60. The lowest BCUT2D eigenvalue weighted by Crippen LogP contribution is -2.33. The highest BCUT2D eigenvalue weighted by Gasteiger charge is 2.34. The van der Waals surface area contributed by atoms with E-state index in [1.54, 1.807) is 14.0 Å². The minimum atomic E-state index is -0.199. The summed E-state index contributed by atoms with van der Waals surface area (Å²) in [6.45, 7) is 4.47. The van der Waals surface area contributed by atoms with Gasteiger partial charge in [-0.1, -0.05) is 11.6 Å². The van der Waals surface area contributed by atoms with Gasteiger partial charge >= 0.3 is 0 Å². The molecule has 134 valence electrons. The van der Waals surface area contributed by atoms with Gasteiger partial charge in [0.05, 0.1) is 20.3 Å². The van der Waals surface area contributed by atoms with Gasteiger partial charge in [0.2, 0.25) is 11.6 Å². The van der Waals surface area contributed by atoms with Crippen molar-refractivity contribution >= 4 is 23.4 Å². The second-order valence-corrected chi connectivity index (χ2v) is 6.45. The highest BCUT2D eigenvalue weighted by molar-refractivity contribution is 6.30. The number of nitrogens with zero attached hydrogens (tertiary/aromatic N) is 4. The van der Waals surface area contributed by atoms with Crippen molar-refractivity contribution < 1.29 is 14.6 Å². The highest BCUT2D eigenvalue weighted by atomic mass is 35.5. The van der Waals surface area contributed by atoms with Crippen LogP contribution in [0.2, 0.25) is 5.15 Å². The molecule has 0 saturated heterocycles. The van der Waals surface area contributed by atoms with E-state index in [0.717, 1.165) is 15.9 Å². The van der Waals surface area contributed by atoms with Crippen molar-refractivity contribution in [3.8, 4) is 5.75 Å². The van der Waals surface area contributed by atoms with Crippen molar-refractivity contribution in [2.24, 2.45) is 0 Å². The molecule has 0 bridgehead atoms. The predicted octanol–water partition coefficient (Wildman–Crippen LogP) is 1.07. The molecule has 0 saturated carbocycles. The monoisotopic (exact) mass is 365 g/mol. The van der Waals surface area contributed by atoms with Crippen LogP contribution in [0.1, 0.15) is 28.3 Å². The van der Waals surface area contributed by atoms with Gasteiger partial charge in [0, 0.05) is 36.1 Å². The zero-order valence-corrected chi connectivity index (χ0v) is 15.0. The van der Waals surface area contributed by atoms with Crippen LogP contribution in [0.25, 0.3) is 0 Å². The lowest BCUT2D eigenvalue weighted by molar-refractivity contribution is -0.613. The summed E-state index contributed by atoms with van der Waals surface area (Å²) in [5, 5.41) is 22.0. The van der Waals surface area contributed by atoms with Crippen LogP contribution in [0, 0.1) is 19.1 Å². The third-order valence-corrected chi connectivity index (χ3v) is 4.87. The molecule has 8 nitrogen and oxygen atoms in total. The molecular formula is C16H20ClN5O3. The lowest BCUT2D eigenvalue weighted by atomic mass is 10.1. The second kappa shape index (κ2) is 6.53. The molecule has 0 fully saturated rings. The Hall–Kier alpha value is -2.32. The van der Waals surface area contributed by atoms with Gasteiger partial charge in [-0.3, -0.25) is 0 Å². The molecule has 2 aromatic heterocycles. The van der Waals surface area contributed by atoms with E-state index in [-0.39, 0.29) is 23.6 Å². The average molecular weight is 366 g/mol. The minimum absolute atomic E-state index is 0.0736. The van der Waals surface area contributed by atoms with Crippen molar-refractivity contribution in [3.63, 3.8) is 0 Å². The van der Waals surface area contributed by atoms with Crippen molar-refractivity contribution in [1.29, 1.82) is 0 Å². The largest absolute Gasteiger partial charge is 0.618 e. The van der Waals surface area contributed by atoms with Gasteiger partial charge in [-0.2, -0.15) is 9.71 Å². The second-order valence-electron chi connectivity index (χ2n) is 6.09. The van der Waals surface area contributed by atoms with E-state index in [2.05, 4.69) is 9.97 Å². The Kier molecular flexibility index (Phi) is 4.57. The van der Waals surface area contributed by atoms with E-state index < -0.39 is 0 Å². The molecule has 3 rings (SSSR count). The third-order valence-electron chi connectivity index (χ3n) is 4.59. The maximum Gasteiger partial charge on any atom is 0.232 e. The molecule has 3 heterocycles. The summed E-state index contributed by atoms with van der Waals surface area (Å²) < 4.78 is 6.16. The van der Waals surface area contributed by atoms with Crippen molar-refractivity contribution in [2.45, 2.75) is 26.3 Å². The van der Waals surface area contributed by atoms with E-state index in [9.17, 15) is 10.3 Å². The molecule has 25 heavy (non-hydrogen) atoms. The zero-order chi connectivity index (χ0) is 18.3. The molecule has 0 radical (unpaired) electrons. The lowest BCUT2D eigenvalue weighted by Gasteiger charge is -2.21. The van der Waals surface area contributed by atoms with Crippen LogP contribution in [0.5, 0.6) is 5.75 Å². The van der Waals surface area contributed by atoms with Crippen LogP contribution in [0.3, 0.4) is 0 Å². The Bertz CT molecular complexity index is 830. The summed E-state index contributed by atoms with van der Waals surface area (Å²) >= 11 is 6.20. The highest BCUT2D eigenvalue weighted by Crippen LogP contribution is 2.40. The minimum Gasteiger partial charge on any atom is -0.618 e. The van der Waals surface area contributed by atoms with E-state index >= 15 is 0 Å². The zero-order valence-electron chi connectivity index (χ0n) is 14.3. The number of anilines is 2. The molecule has 3 N–H and O–H groups in total. The van der Waals surface area contributed by atoms with Crippen LogP contribution in [0.4, 0.5) is 11.8 Å². The topological polar surface area (TPSA) is 111 Å². The van der Waals surface area contributed by atoms with Crippen LogP contribution in [0.15, 0.2) is 6.20 Å². The van der Waals surface area contributed by atoms with Gasteiger partial charge in [0.1, 0.15) is 11.0 Å². The summed E-state index contributed by atoms with van der Waals surface area (Å²) in [6, 6.07) is 0. The summed E-state index contributed by atoms with van der Waals surface area (Å²) in [6.07, 6.45) is 1.53. The van der Waals surface area contributed by atoms with Crippen LogP contribution in [-0.2, 0) is 6.54 Å². The Morgan fingerprint density at radius 1 is 1.48 bits per heavy atom. The Morgan fingerprint density at radius 3 is 2.84 bits per heavy atom. The number of aromatic nitrogens is 3. The fourth-order valence-corrected chi connectivity index (χ4v) is 3.61. The van der Waals surface area contributed by atoms with E-state index in [1.165, 1.54) is 6.20 Å². The number of nitrogen functional groups attached to an aromatic ring is 1. The molecular weight excluding hydrogens is 346 g/mol. The Labute approximate surface area is 150 Å². The molecule has 1 aliphatic rings. The van der Waals surface area contributed by atoms with Crippen molar-refractivity contribution in [1.82, 2.24) is 9.97 Å². The van der Waals surface area contributed by atoms with E-state index in [1.807, 2.05) is 11.8 Å². The number of hydrogen-bond acceptors (Lipinski definition) is 7. The molecule has 9 heteroatoms. The van der Waals surface area contributed by atoms with Gasteiger partial charge in [-0.15, -0.1) is 0 Å². The molecule has 0 spiro atoms. The molecule has 2 aromatic rings. The van der Waals surface area contributed by atoms with Gasteiger partial charge in [0.25, 0.3) is 0 Å². The quantitative estimate of drug-likeness (QED) is 0.473. The third kappa shape index (κ3) is 2.91. The number of hydrogen-bond donors (Lipinski definition) is 2. The fraction of sp³-hybridized carbons (Fsp3) is 0.438. The predicted molar refractivity (Wildman–Crippen MR) is 93.8 cm³/mol. The Balaban J connectivity index is 2.03. The van der Waals surface area contributed by atoms with Gasteiger partial charge < -0.3 is 25.7 Å². The number of aliphatic hydroxyl groups is 1. The summed E-state index contributed by atoms with van der Waals surface area (Å²) in [4.78, 5) is 10.2. The SMILES string of the molecule is COc1c(C)c(CN2CC(CO)c3c(Cl)nc(N)nc32)c[n+]([O-])c1C. The van der Waals surface area contributed by atoms with E-state index in [0.29, 0.717) is 35.9 Å². The van der Waals surface area contributed by atoms with E-state index in [4.69, 9.17) is 22.1 Å². The smallest absolute Gasteiger partial charge is 0.232 e. The maximum absolute atomic E-state index is 12.1. The first-order valence-corrected chi connectivity index (χ1v) is 8.20. The number of pyridine rings is 1. The molecule has 0 aliphatic carbocycles. The summed E-state index contributed by atoms with van der Waals surface area (Å²) in [7, 11) is 1.54. The standard InChI is InChI=1S/C16H20ClN5O3/c1-8-10(6-22(24)9(2)13(8)25-3)4-21-5-11(7-23)12-14(17)19-16(18)20-15(12)21/h6,11,23H,4-5,7H2,1-3H3,(H2,18,19,20). The number of methoxy groups -OCH3 is 1. The molecule has 1 unspecified atom stereocenters. The maximum atomic E-state index is 12.1. The van der Waals surface area contributed by atoms with Crippen LogP contribution < -0.4 is 20.1 Å². The van der Waals surface area contributed by atoms with Gasteiger partial charge in [0.15, 0.2) is 11.9 Å². The molecule has 0 aromatic carbocycles. The first-order valence-electron chi connectivity index (χ1n) is 7.82. The number of ether oxygens (including phenoxy) is 1. The molecule has 1 aliphatic heterocycles. The average Bonchev–Trinajstić information content (AvgIpc) is 2.91. The Morgan fingerprint density at radius 2 is 2.20 bits per heavy atom. The number of halogens is 1. The normalized spacial score (nSPS) is 16.2. The van der Waals surface area contributed by atoms with Gasteiger partial charge in [-0.05, 0) is 6.92 Å². The van der Waals surface area contributed by atoms with Gasteiger partial charge in [-0.25, -0.2) is 4.98 Å². The van der Waals surface area contributed by atoms with Crippen LogP contribution in [-0.4, -0.2) is 35.3 Å². The number of aliphatic hydroxyl groups excluding tert-OH is 1. The first-order chi connectivity index (χ1) is 11.9. The molecule has 1 atom stereocenters.